The highest BCUT2D eigenvalue weighted by molar-refractivity contribution is 5.74. The zero-order valence-corrected chi connectivity index (χ0v) is 14.1. The number of allylic oxidation sites excluding steroid dienone is 2. The molecule has 4 heteroatoms. The van der Waals surface area contributed by atoms with Crippen LogP contribution in [0.4, 0.5) is 5.69 Å². The van der Waals surface area contributed by atoms with Crippen LogP contribution in [0.25, 0.3) is 0 Å². The molecule has 0 amide bonds. The normalized spacial score (nSPS) is 34.8. The minimum Gasteiger partial charge on any atom is -0.429 e. The lowest BCUT2D eigenvalue weighted by Crippen LogP contribution is -2.53. The van der Waals surface area contributed by atoms with Gasteiger partial charge in [0.05, 0.1) is 11.1 Å². The number of hydrogen-bond donors (Lipinski definition) is 1. The first-order valence-corrected chi connectivity index (χ1v) is 8.84. The molecule has 4 nitrogen and oxygen atoms in total. The molecule has 5 rings (SSSR count). The van der Waals surface area contributed by atoms with E-state index in [0.29, 0.717) is 6.04 Å². The predicted molar refractivity (Wildman–Crippen MR) is 92.4 cm³/mol. The summed E-state index contributed by atoms with van der Waals surface area (Å²) in [6.07, 6.45) is 4.34. The number of rotatable bonds is 1. The Hall–Kier alpha value is -2.07. The van der Waals surface area contributed by atoms with Crippen LogP contribution in [0.1, 0.15) is 32.3 Å². The quantitative estimate of drug-likeness (QED) is 0.637. The Kier molecular flexibility index (Phi) is 2.82. The largest absolute Gasteiger partial charge is 0.429 e. The maximum atomic E-state index is 11.8. The van der Waals surface area contributed by atoms with Crippen molar-refractivity contribution in [3.05, 3.63) is 52.9 Å². The van der Waals surface area contributed by atoms with Crippen molar-refractivity contribution >= 4 is 11.7 Å². The molecule has 2 fully saturated rings. The molecule has 124 valence electrons. The molecule has 1 aromatic carbocycles. The topological polar surface area (TPSA) is 41.6 Å². The van der Waals surface area contributed by atoms with E-state index in [-0.39, 0.29) is 17.3 Å². The van der Waals surface area contributed by atoms with Crippen LogP contribution in [0.15, 0.2) is 47.4 Å². The van der Waals surface area contributed by atoms with E-state index in [1.54, 1.807) is 0 Å². The van der Waals surface area contributed by atoms with Crippen molar-refractivity contribution in [2.45, 2.75) is 38.1 Å². The smallest absolute Gasteiger partial charge is 0.307 e. The average Bonchev–Trinajstić information content (AvgIpc) is 3.13. The lowest BCUT2D eigenvalue weighted by molar-refractivity contribution is -0.138. The van der Waals surface area contributed by atoms with Gasteiger partial charge in [0.2, 0.25) is 0 Å². The molecule has 24 heavy (non-hydrogen) atoms. The fourth-order valence-electron chi connectivity index (χ4n) is 5.48. The van der Waals surface area contributed by atoms with Gasteiger partial charge < -0.3 is 10.1 Å². The highest BCUT2D eigenvalue weighted by Crippen LogP contribution is 2.61. The monoisotopic (exact) mass is 322 g/mol. The van der Waals surface area contributed by atoms with Crippen molar-refractivity contribution in [1.29, 1.82) is 0 Å². The number of carbonyl (C=O) groups excluding carboxylic acids is 1. The van der Waals surface area contributed by atoms with Gasteiger partial charge in [0.15, 0.2) is 0 Å². The maximum absolute atomic E-state index is 11.8. The SMILES string of the molecule is CC=C1CN2CC[C@]34C(=C(OC(C)=O)[C@H]1C[C@H]23)Nc1ccccc14. The third-order valence-corrected chi connectivity index (χ3v) is 6.40. The van der Waals surface area contributed by atoms with Crippen molar-refractivity contribution < 1.29 is 9.53 Å². The summed E-state index contributed by atoms with van der Waals surface area (Å²) in [5.74, 6) is 0.868. The molecular formula is C20H22N2O2. The van der Waals surface area contributed by atoms with Crippen LogP contribution in [0.2, 0.25) is 0 Å². The number of nitrogens with one attached hydrogen (secondary N) is 1. The van der Waals surface area contributed by atoms with Crippen LogP contribution < -0.4 is 5.32 Å². The molecule has 1 N–H and O–H groups in total. The Labute approximate surface area is 142 Å². The minimum atomic E-state index is -0.222. The Morgan fingerprint density at radius 1 is 1.42 bits per heavy atom. The van der Waals surface area contributed by atoms with Gasteiger partial charge in [0, 0.05) is 37.7 Å². The second kappa shape index (κ2) is 4.73. The van der Waals surface area contributed by atoms with Gasteiger partial charge in [-0.2, -0.15) is 0 Å². The lowest BCUT2D eigenvalue weighted by Gasteiger charge is -2.48. The van der Waals surface area contributed by atoms with Gasteiger partial charge in [0.1, 0.15) is 5.76 Å². The first-order chi connectivity index (χ1) is 11.6. The molecule has 0 saturated carbocycles. The van der Waals surface area contributed by atoms with Gasteiger partial charge in [-0.3, -0.25) is 9.69 Å². The number of ether oxygens (including phenoxy) is 1. The van der Waals surface area contributed by atoms with E-state index >= 15 is 0 Å². The van der Waals surface area contributed by atoms with Crippen molar-refractivity contribution in [1.82, 2.24) is 4.90 Å². The standard InChI is InChI=1S/C20H22N2O2/c1-3-13-11-22-9-8-20-15-6-4-5-7-16(15)21-19(20)18(24-12(2)23)14(13)10-17(20)22/h3-7,14,17,21H,8-11H2,1-2H3/t14-,17-,20+/m0/s1. The first kappa shape index (κ1) is 14.3. The summed E-state index contributed by atoms with van der Waals surface area (Å²) in [4.78, 5) is 14.4. The van der Waals surface area contributed by atoms with Crippen LogP contribution in [0.3, 0.4) is 0 Å². The van der Waals surface area contributed by atoms with Crippen molar-refractivity contribution in [3.8, 4) is 0 Å². The zero-order chi connectivity index (χ0) is 16.5. The number of fused-ring (bicyclic) bond motifs is 2. The number of anilines is 1. The first-order valence-electron chi connectivity index (χ1n) is 8.84. The molecule has 0 aromatic heterocycles. The molecule has 1 aromatic rings. The van der Waals surface area contributed by atoms with E-state index in [1.807, 2.05) is 0 Å². The number of benzene rings is 1. The molecular weight excluding hydrogens is 300 g/mol. The summed E-state index contributed by atoms with van der Waals surface area (Å²) in [6, 6.07) is 9.08. The lowest BCUT2D eigenvalue weighted by atomic mass is 9.64. The third-order valence-electron chi connectivity index (χ3n) is 6.40. The van der Waals surface area contributed by atoms with Gasteiger partial charge in [-0.25, -0.2) is 0 Å². The summed E-state index contributed by atoms with van der Waals surface area (Å²) in [6.45, 7) is 5.70. The summed E-state index contributed by atoms with van der Waals surface area (Å²) in [7, 11) is 0. The molecule has 2 bridgehead atoms. The van der Waals surface area contributed by atoms with E-state index in [0.717, 1.165) is 37.4 Å². The summed E-state index contributed by atoms with van der Waals surface area (Å²) < 4.78 is 5.82. The van der Waals surface area contributed by atoms with Crippen LogP contribution in [0.5, 0.6) is 0 Å². The van der Waals surface area contributed by atoms with Gasteiger partial charge in [0.25, 0.3) is 0 Å². The number of piperidine rings is 1. The molecule has 1 spiro atoms. The molecule has 4 aliphatic rings. The highest BCUT2D eigenvalue weighted by atomic mass is 16.5. The van der Waals surface area contributed by atoms with Crippen LogP contribution >= 0.6 is 0 Å². The van der Waals surface area contributed by atoms with Crippen molar-refractivity contribution in [2.24, 2.45) is 5.92 Å². The second-order valence-corrected chi connectivity index (χ2v) is 7.36. The fourth-order valence-corrected chi connectivity index (χ4v) is 5.48. The number of nitrogens with zero attached hydrogens (tertiary/aromatic N) is 1. The molecule has 0 unspecified atom stereocenters. The van der Waals surface area contributed by atoms with Gasteiger partial charge in [-0.1, -0.05) is 24.3 Å². The molecule has 3 heterocycles. The summed E-state index contributed by atoms with van der Waals surface area (Å²) >= 11 is 0. The van der Waals surface area contributed by atoms with E-state index in [1.165, 1.54) is 23.7 Å². The minimum absolute atomic E-state index is 0.0306. The van der Waals surface area contributed by atoms with Crippen molar-refractivity contribution in [2.75, 3.05) is 18.4 Å². The van der Waals surface area contributed by atoms with Crippen LogP contribution in [-0.2, 0) is 14.9 Å². The zero-order valence-electron chi connectivity index (χ0n) is 14.1. The average molecular weight is 322 g/mol. The van der Waals surface area contributed by atoms with E-state index < -0.39 is 0 Å². The Bertz CT molecular complexity index is 810. The number of esters is 1. The highest BCUT2D eigenvalue weighted by Gasteiger charge is 2.61. The maximum Gasteiger partial charge on any atom is 0.307 e. The Balaban J connectivity index is 1.79. The summed E-state index contributed by atoms with van der Waals surface area (Å²) in [5.41, 5.74) is 5.04. The third kappa shape index (κ3) is 1.59. The molecule has 2 saturated heterocycles. The molecule has 0 radical (unpaired) electrons. The van der Waals surface area contributed by atoms with Crippen LogP contribution in [0, 0.1) is 5.92 Å². The van der Waals surface area contributed by atoms with Gasteiger partial charge in [-0.15, -0.1) is 0 Å². The second-order valence-electron chi connectivity index (χ2n) is 7.36. The molecule has 3 aliphatic heterocycles. The van der Waals surface area contributed by atoms with E-state index in [9.17, 15) is 4.79 Å². The van der Waals surface area contributed by atoms with Gasteiger partial charge in [-0.05, 0) is 37.0 Å². The fraction of sp³-hybridized carbons (Fsp3) is 0.450. The van der Waals surface area contributed by atoms with Gasteiger partial charge >= 0.3 is 5.97 Å². The number of para-hydroxylation sites is 1. The van der Waals surface area contributed by atoms with E-state index in [2.05, 4.69) is 47.5 Å². The van der Waals surface area contributed by atoms with E-state index in [4.69, 9.17) is 4.74 Å². The van der Waals surface area contributed by atoms with Crippen molar-refractivity contribution in [3.63, 3.8) is 0 Å². The molecule has 3 atom stereocenters. The summed E-state index contributed by atoms with van der Waals surface area (Å²) in [5, 5.41) is 3.63. The predicted octanol–water partition coefficient (Wildman–Crippen LogP) is 3.18. The molecule has 1 aliphatic carbocycles. The van der Waals surface area contributed by atoms with Crippen LogP contribution in [-0.4, -0.2) is 30.0 Å². The Morgan fingerprint density at radius 2 is 2.25 bits per heavy atom. The number of carbonyl (C=O) groups is 1. The Morgan fingerprint density at radius 3 is 3.04 bits per heavy atom. The number of hydrogen-bond acceptors (Lipinski definition) is 4.